The fraction of sp³-hybridized carbons (Fsp3) is 0.100. The highest BCUT2D eigenvalue weighted by Crippen LogP contribution is 2.31. The number of nitrogens with zero attached hydrogens (tertiary/aromatic N) is 3. The molecule has 2 heterocycles. The zero-order valence-electron chi connectivity index (χ0n) is 15.1. The number of hydrogen-bond donors (Lipinski definition) is 1. The van der Waals surface area contributed by atoms with Crippen molar-refractivity contribution < 1.29 is 4.79 Å². The van der Waals surface area contributed by atoms with E-state index in [0.29, 0.717) is 20.9 Å². The van der Waals surface area contributed by atoms with Crippen LogP contribution in [0.3, 0.4) is 0 Å². The van der Waals surface area contributed by atoms with Crippen molar-refractivity contribution in [3.63, 3.8) is 0 Å². The van der Waals surface area contributed by atoms with E-state index < -0.39 is 5.91 Å². The van der Waals surface area contributed by atoms with E-state index in [2.05, 4.69) is 15.4 Å². The van der Waals surface area contributed by atoms with E-state index in [9.17, 15) is 9.59 Å². The van der Waals surface area contributed by atoms with Crippen molar-refractivity contribution in [3.8, 4) is 11.3 Å². The molecule has 0 saturated carbocycles. The predicted octanol–water partition coefficient (Wildman–Crippen LogP) is 4.27. The lowest BCUT2D eigenvalue weighted by molar-refractivity contribution is 0.102. The van der Waals surface area contributed by atoms with E-state index in [4.69, 9.17) is 11.6 Å². The second-order valence-electron chi connectivity index (χ2n) is 6.21. The van der Waals surface area contributed by atoms with E-state index in [1.54, 1.807) is 36.4 Å². The maximum atomic E-state index is 12.9. The van der Waals surface area contributed by atoms with Gasteiger partial charge in [-0.15, -0.1) is 11.3 Å². The molecule has 0 aliphatic rings. The van der Waals surface area contributed by atoms with Crippen molar-refractivity contribution in [1.29, 1.82) is 0 Å². The first-order valence-corrected chi connectivity index (χ1v) is 9.64. The Bertz CT molecular complexity index is 1260. The minimum atomic E-state index is -0.414. The number of thiazole rings is 1. The molecule has 2 aromatic carbocycles. The predicted molar refractivity (Wildman–Crippen MR) is 112 cm³/mol. The largest absolute Gasteiger partial charge is 0.296 e. The molecule has 140 valence electrons. The first kappa shape index (κ1) is 18.3. The third kappa shape index (κ3) is 3.30. The highest BCUT2D eigenvalue weighted by molar-refractivity contribution is 7.16. The minimum absolute atomic E-state index is 0.179. The minimum Gasteiger partial charge on any atom is -0.296 e. The molecule has 0 unspecified atom stereocenters. The van der Waals surface area contributed by atoms with Gasteiger partial charge in [-0.3, -0.25) is 14.9 Å². The molecule has 0 aliphatic heterocycles. The second kappa shape index (κ2) is 7.18. The van der Waals surface area contributed by atoms with Crippen LogP contribution in [0.1, 0.15) is 15.4 Å². The Morgan fingerprint density at radius 2 is 1.79 bits per heavy atom. The number of anilines is 1. The van der Waals surface area contributed by atoms with E-state index in [0.717, 1.165) is 16.1 Å². The van der Waals surface area contributed by atoms with Gasteiger partial charge < -0.3 is 0 Å². The Hall–Kier alpha value is -3.03. The number of benzene rings is 2. The molecular weight excluding hydrogens is 396 g/mol. The molecule has 0 spiro atoms. The van der Waals surface area contributed by atoms with Crippen LogP contribution in [-0.2, 0) is 7.05 Å². The average Bonchev–Trinajstić information content (AvgIpc) is 3.05. The van der Waals surface area contributed by atoms with Gasteiger partial charge in [-0.05, 0) is 25.1 Å². The molecule has 0 saturated heterocycles. The van der Waals surface area contributed by atoms with Crippen molar-refractivity contribution in [1.82, 2.24) is 14.8 Å². The van der Waals surface area contributed by atoms with Crippen molar-refractivity contribution in [3.05, 3.63) is 74.5 Å². The Balaban J connectivity index is 1.69. The Morgan fingerprint density at radius 3 is 2.50 bits per heavy atom. The van der Waals surface area contributed by atoms with Gasteiger partial charge in [0.2, 0.25) is 0 Å². The number of carbonyl (C=O) groups is 1. The van der Waals surface area contributed by atoms with E-state index >= 15 is 0 Å². The Kier molecular flexibility index (Phi) is 4.70. The molecule has 1 N–H and O–H groups in total. The zero-order chi connectivity index (χ0) is 19.8. The molecule has 28 heavy (non-hydrogen) atoms. The fourth-order valence-electron chi connectivity index (χ4n) is 2.95. The standard InChI is InChI=1S/C20H15ClN4O2S/c1-11-16(12-7-9-13(21)10-8-12)22-20(28-11)23-18(26)17-14-5-3-4-6-15(14)19(27)25(2)24-17/h3-10H,1-2H3,(H,22,23,26). The number of carbonyl (C=O) groups excluding carboxylic acids is 1. The maximum absolute atomic E-state index is 12.9. The van der Waals surface area contributed by atoms with Gasteiger partial charge in [-0.25, -0.2) is 9.67 Å². The van der Waals surface area contributed by atoms with Gasteiger partial charge in [-0.2, -0.15) is 5.10 Å². The summed E-state index contributed by atoms with van der Waals surface area (Å²) in [7, 11) is 1.53. The molecular formula is C20H15ClN4O2S. The van der Waals surface area contributed by atoms with Gasteiger partial charge >= 0.3 is 0 Å². The third-order valence-corrected chi connectivity index (χ3v) is 5.44. The monoisotopic (exact) mass is 410 g/mol. The average molecular weight is 411 g/mol. The number of fused-ring (bicyclic) bond motifs is 1. The van der Waals surface area contributed by atoms with Crippen molar-refractivity contribution in [2.75, 3.05) is 5.32 Å². The van der Waals surface area contributed by atoms with Gasteiger partial charge in [0, 0.05) is 27.9 Å². The molecule has 4 aromatic rings. The van der Waals surface area contributed by atoms with Crippen LogP contribution in [0.5, 0.6) is 0 Å². The summed E-state index contributed by atoms with van der Waals surface area (Å²) in [5.41, 5.74) is 1.64. The highest BCUT2D eigenvalue weighted by Gasteiger charge is 2.18. The van der Waals surface area contributed by atoms with Crippen molar-refractivity contribution in [2.24, 2.45) is 7.05 Å². The van der Waals surface area contributed by atoms with Crippen LogP contribution in [-0.4, -0.2) is 20.7 Å². The lowest BCUT2D eigenvalue weighted by Crippen LogP contribution is -2.25. The lowest BCUT2D eigenvalue weighted by atomic mass is 10.1. The number of amides is 1. The van der Waals surface area contributed by atoms with E-state index in [1.807, 2.05) is 19.1 Å². The van der Waals surface area contributed by atoms with Crippen LogP contribution in [0.4, 0.5) is 5.13 Å². The number of halogens is 1. The summed E-state index contributed by atoms with van der Waals surface area (Å²) in [6.45, 7) is 1.94. The summed E-state index contributed by atoms with van der Waals surface area (Å²) in [4.78, 5) is 30.6. The van der Waals surface area contributed by atoms with Crippen LogP contribution >= 0.6 is 22.9 Å². The molecule has 2 aromatic heterocycles. The summed E-state index contributed by atoms with van der Waals surface area (Å²) >= 11 is 7.32. The number of nitrogens with one attached hydrogen (secondary N) is 1. The molecule has 8 heteroatoms. The number of aromatic nitrogens is 3. The van der Waals surface area contributed by atoms with Crippen molar-refractivity contribution >= 4 is 44.7 Å². The molecule has 6 nitrogen and oxygen atoms in total. The molecule has 0 atom stereocenters. The Labute approximate surface area is 169 Å². The van der Waals surface area contributed by atoms with Gasteiger partial charge in [0.25, 0.3) is 11.5 Å². The summed E-state index contributed by atoms with van der Waals surface area (Å²) in [6.07, 6.45) is 0. The summed E-state index contributed by atoms with van der Waals surface area (Å²) < 4.78 is 1.17. The van der Waals surface area contributed by atoms with Crippen LogP contribution in [0.15, 0.2) is 53.3 Å². The topological polar surface area (TPSA) is 76.9 Å². The highest BCUT2D eigenvalue weighted by atomic mass is 35.5. The maximum Gasteiger partial charge on any atom is 0.278 e. The first-order valence-electron chi connectivity index (χ1n) is 8.45. The van der Waals surface area contributed by atoms with Gasteiger partial charge in [0.15, 0.2) is 10.8 Å². The van der Waals surface area contributed by atoms with E-state index in [1.165, 1.54) is 23.1 Å². The first-order chi connectivity index (χ1) is 13.4. The Morgan fingerprint density at radius 1 is 1.11 bits per heavy atom. The van der Waals surface area contributed by atoms with Gasteiger partial charge in [0.05, 0.1) is 11.1 Å². The summed E-state index contributed by atoms with van der Waals surface area (Å²) in [6, 6.07) is 14.3. The molecule has 4 rings (SSSR count). The summed E-state index contributed by atoms with van der Waals surface area (Å²) in [5.74, 6) is -0.414. The molecule has 1 amide bonds. The third-order valence-electron chi connectivity index (χ3n) is 4.31. The second-order valence-corrected chi connectivity index (χ2v) is 7.85. The molecule has 0 bridgehead atoms. The molecule has 0 radical (unpaired) electrons. The van der Waals surface area contributed by atoms with Crippen LogP contribution in [0.25, 0.3) is 22.0 Å². The quantitative estimate of drug-likeness (QED) is 0.547. The van der Waals surface area contributed by atoms with Gasteiger partial charge in [0.1, 0.15) is 0 Å². The van der Waals surface area contributed by atoms with Crippen LogP contribution < -0.4 is 10.9 Å². The molecule has 0 fully saturated rings. The SMILES string of the molecule is Cc1sc(NC(=O)c2nn(C)c(=O)c3ccccc23)nc1-c1ccc(Cl)cc1. The normalized spacial score (nSPS) is 11.0. The summed E-state index contributed by atoms with van der Waals surface area (Å²) in [5, 5.41) is 9.02. The van der Waals surface area contributed by atoms with E-state index in [-0.39, 0.29) is 11.3 Å². The fourth-order valence-corrected chi connectivity index (χ4v) is 3.91. The van der Waals surface area contributed by atoms with Gasteiger partial charge in [-0.1, -0.05) is 41.9 Å². The number of hydrogen-bond acceptors (Lipinski definition) is 5. The lowest BCUT2D eigenvalue weighted by Gasteiger charge is -2.07. The molecule has 0 aliphatic carbocycles. The zero-order valence-corrected chi connectivity index (χ0v) is 16.6. The number of aryl methyl sites for hydroxylation is 2. The van der Waals surface area contributed by atoms with Crippen molar-refractivity contribution in [2.45, 2.75) is 6.92 Å². The van der Waals surface area contributed by atoms with Crippen LogP contribution in [0.2, 0.25) is 5.02 Å². The van der Waals surface area contributed by atoms with Crippen LogP contribution in [0, 0.1) is 6.92 Å². The number of rotatable bonds is 3. The smallest absolute Gasteiger partial charge is 0.278 e.